The van der Waals surface area contributed by atoms with Crippen molar-refractivity contribution in [2.45, 2.75) is 45.4 Å². The predicted molar refractivity (Wildman–Crippen MR) is 54.4 cm³/mol. The number of rotatable bonds is 3. The number of nitrogens with one attached hydrogen (secondary N) is 1. The molecular formula is C11H21NO. The van der Waals surface area contributed by atoms with Gasteiger partial charge in [-0.1, -0.05) is 26.2 Å². The Labute approximate surface area is 81.1 Å². The molecule has 1 N–H and O–H groups in total. The molecule has 0 radical (unpaired) electrons. The first-order chi connectivity index (χ1) is 6.29. The maximum Gasteiger partial charge on any atom is 0.223 e. The molecule has 1 rings (SSSR count). The molecule has 1 atom stereocenters. The van der Waals surface area contributed by atoms with Crippen molar-refractivity contribution in [1.29, 1.82) is 0 Å². The average molecular weight is 183 g/mol. The number of amides is 1. The molecule has 1 fully saturated rings. The molecule has 1 aliphatic rings. The third kappa shape index (κ3) is 2.71. The molecule has 0 aromatic heterocycles. The van der Waals surface area contributed by atoms with E-state index < -0.39 is 0 Å². The van der Waals surface area contributed by atoms with Gasteiger partial charge in [0.25, 0.3) is 0 Å². The van der Waals surface area contributed by atoms with Gasteiger partial charge in [0.05, 0.1) is 0 Å². The maximum absolute atomic E-state index is 11.5. The van der Waals surface area contributed by atoms with Gasteiger partial charge in [-0.2, -0.15) is 0 Å². The van der Waals surface area contributed by atoms with E-state index in [0.717, 1.165) is 6.42 Å². The highest BCUT2D eigenvalue weighted by molar-refractivity contribution is 5.78. The molecule has 0 spiro atoms. The highest BCUT2D eigenvalue weighted by Gasteiger charge is 2.26. The SMILES string of the molecule is CCC(C(=O)NC)C1CCCCC1. The molecule has 0 bridgehead atoms. The quantitative estimate of drug-likeness (QED) is 0.715. The predicted octanol–water partition coefficient (Wildman–Crippen LogP) is 2.34. The van der Waals surface area contributed by atoms with Gasteiger partial charge >= 0.3 is 0 Å². The molecule has 0 saturated heterocycles. The molecule has 0 aliphatic heterocycles. The van der Waals surface area contributed by atoms with Crippen LogP contribution in [0.5, 0.6) is 0 Å². The Kier molecular flexibility index (Phi) is 4.26. The van der Waals surface area contributed by atoms with Gasteiger partial charge in [0.1, 0.15) is 0 Å². The molecule has 76 valence electrons. The lowest BCUT2D eigenvalue weighted by Crippen LogP contribution is -2.33. The van der Waals surface area contributed by atoms with Crippen LogP contribution in [0.2, 0.25) is 0 Å². The largest absolute Gasteiger partial charge is 0.359 e. The summed E-state index contributed by atoms with van der Waals surface area (Å²) < 4.78 is 0. The normalized spacial score (nSPS) is 21.1. The second-order valence-corrected chi connectivity index (χ2v) is 4.03. The van der Waals surface area contributed by atoms with E-state index >= 15 is 0 Å². The lowest BCUT2D eigenvalue weighted by atomic mass is 9.78. The van der Waals surface area contributed by atoms with Crippen molar-refractivity contribution in [2.75, 3.05) is 7.05 Å². The molecular weight excluding hydrogens is 162 g/mol. The summed E-state index contributed by atoms with van der Waals surface area (Å²) in [7, 11) is 1.74. The Morgan fingerprint density at radius 1 is 1.38 bits per heavy atom. The number of carbonyl (C=O) groups excluding carboxylic acids is 1. The maximum atomic E-state index is 11.5. The molecule has 13 heavy (non-hydrogen) atoms. The van der Waals surface area contributed by atoms with Crippen LogP contribution in [0.1, 0.15) is 45.4 Å². The molecule has 1 amide bonds. The van der Waals surface area contributed by atoms with Gasteiger partial charge in [0, 0.05) is 13.0 Å². The van der Waals surface area contributed by atoms with Gasteiger partial charge < -0.3 is 5.32 Å². The summed E-state index contributed by atoms with van der Waals surface area (Å²) in [6, 6.07) is 0. The fraction of sp³-hybridized carbons (Fsp3) is 0.909. The topological polar surface area (TPSA) is 29.1 Å². The summed E-state index contributed by atoms with van der Waals surface area (Å²) in [5.41, 5.74) is 0. The minimum Gasteiger partial charge on any atom is -0.359 e. The van der Waals surface area contributed by atoms with Crippen LogP contribution < -0.4 is 5.32 Å². The van der Waals surface area contributed by atoms with Crippen molar-refractivity contribution in [3.05, 3.63) is 0 Å². The molecule has 0 aromatic carbocycles. The van der Waals surface area contributed by atoms with E-state index in [4.69, 9.17) is 0 Å². The van der Waals surface area contributed by atoms with E-state index in [-0.39, 0.29) is 11.8 Å². The highest BCUT2D eigenvalue weighted by Crippen LogP contribution is 2.31. The first-order valence-electron chi connectivity index (χ1n) is 5.51. The Hall–Kier alpha value is -0.530. The molecule has 1 unspecified atom stereocenters. The van der Waals surface area contributed by atoms with E-state index in [9.17, 15) is 4.79 Å². The second kappa shape index (κ2) is 5.25. The van der Waals surface area contributed by atoms with Crippen LogP contribution in [0, 0.1) is 11.8 Å². The molecule has 2 nitrogen and oxygen atoms in total. The Morgan fingerprint density at radius 3 is 2.46 bits per heavy atom. The van der Waals surface area contributed by atoms with Crippen LogP contribution in [0.4, 0.5) is 0 Å². The van der Waals surface area contributed by atoms with Crippen molar-refractivity contribution >= 4 is 5.91 Å². The summed E-state index contributed by atoms with van der Waals surface area (Å²) in [5.74, 6) is 1.17. The van der Waals surface area contributed by atoms with Crippen LogP contribution in [0.25, 0.3) is 0 Å². The Balaban J connectivity index is 2.48. The van der Waals surface area contributed by atoms with Gasteiger partial charge in [-0.3, -0.25) is 4.79 Å². The van der Waals surface area contributed by atoms with E-state index in [1.165, 1.54) is 32.1 Å². The summed E-state index contributed by atoms with van der Waals surface area (Å²) in [6.45, 7) is 2.12. The Bertz CT molecular complexity index is 161. The van der Waals surface area contributed by atoms with E-state index in [2.05, 4.69) is 12.2 Å². The van der Waals surface area contributed by atoms with Gasteiger partial charge in [-0.25, -0.2) is 0 Å². The van der Waals surface area contributed by atoms with Crippen LogP contribution in [0.15, 0.2) is 0 Å². The monoisotopic (exact) mass is 183 g/mol. The zero-order valence-electron chi connectivity index (χ0n) is 8.81. The third-order valence-electron chi connectivity index (χ3n) is 3.24. The standard InChI is InChI=1S/C11H21NO/c1-3-10(11(13)12-2)9-7-5-4-6-8-9/h9-10H,3-8H2,1-2H3,(H,12,13). The van der Waals surface area contributed by atoms with Gasteiger partial charge in [-0.05, 0) is 25.2 Å². The minimum atomic E-state index is 0.245. The molecule has 1 aliphatic carbocycles. The number of hydrogen-bond acceptors (Lipinski definition) is 1. The lowest BCUT2D eigenvalue weighted by Gasteiger charge is -2.28. The summed E-state index contributed by atoms with van der Waals surface area (Å²) in [4.78, 5) is 11.5. The summed E-state index contributed by atoms with van der Waals surface area (Å²) in [5, 5.41) is 2.77. The van der Waals surface area contributed by atoms with Crippen LogP contribution in [-0.2, 0) is 4.79 Å². The first-order valence-corrected chi connectivity index (χ1v) is 5.51. The zero-order valence-corrected chi connectivity index (χ0v) is 8.81. The van der Waals surface area contributed by atoms with Crippen molar-refractivity contribution < 1.29 is 4.79 Å². The molecule has 0 aromatic rings. The third-order valence-corrected chi connectivity index (χ3v) is 3.24. The smallest absolute Gasteiger partial charge is 0.223 e. The Morgan fingerprint density at radius 2 is 2.00 bits per heavy atom. The summed E-state index contributed by atoms with van der Waals surface area (Å²) >= 11 is 0. The van der Waals surface area contributed by atoms with Gasteiger partial charge in [0.15, 0.2) is 0 Å². The molecule has 2 heteroatoms. The molecule has 0 heterocycles. The average Bonchev–Trinajstić information content (AvgIpc) is 2.20. The van der Waals surface area contributed by atoms with Crippen molar-refractivity contribution in [3.63, 3.8) is 0 Å². The van der Waals surface area contributed by atoms with E-state index in [1.54, 1.807) is 7.05 Å². The van der Waals surface area contributed by atoms with E-state index in [1.807, 2.05) is 0 Å². The first kappa shape index (κ1) is 10.6. The van der Waals surface area contributed by atoms with Crippen LogP contribution in [0.3, 0.4) is 0 Å². The van der Waals surface area contributed by atoms with Crippen molar-refractivity contribution in [2.24, 2.45) is 11.8 Å². The minimum absolute atomic E-state index is 0.245. The number of carbonyl (C=O) groups is 1. The van der Waals surface area contributed by atoms with Crippen molar-refractivity contribution in [1.82, 2.24) is 5.32 Å². The zero-order chi connectivity index (χ0) is 9.68. The second-order valence-electron chi connectivity index (χ2n) is 4.03. The fourth-order valence-electron chi connectivity index (χ4n) is 2.45. The molecule has 1 saturated carbocycles. The number of hydrogen-bond donors (Lipinski definition) is 1. The van der Waals surface area contributed by atoms with Gasteiger partial charge in [0.2, 0.25) is 5.91 Å². The van der Waals surface area contributed by atoms with Crippen LogP contribution >= 0.6 is 0 Å². The highest BCUT2D eigenvalue weighted by atomic mass is 16.1. The van der Waals surface area contributed by atoms with Crippen molar-refractivity contribution in [3.8, 4) is 0 Å². The summed E-state index contributed by atoms with van der Waals surface area (Å²) in [6.07, 6.45) is 7.50. The van der Waals surface area contributed by atoms with E-state index in [0.29, 0.717) is 5.92 Å². The fourth-order valence-corrected chi connectivity index (χ4v) is 2.45. The van der Waals surface area contributed by atoms with Crippen LogP contribution in [-0.4, -0.2) is 13.0 Å². The van der Waals surface area contributed by atoms with Gasteiger partial charge in [-0.15, -0.1) is 0 Å². The lowest BCUT2D eigenvalue weighted by molar-refractivity contribution is -0.126.